The highest BCUT2D eigenvalue weighted by Crippen LogP contribution is 2.43. The molecule has 3 aliphatic rings. The average Bonchev–Trinajstić information content (AvgIpc) is 3.45. The van der Waals surface area contributed by atoms with Gasteiger partial charge in [-0.2, -0.15) is 0 Å². The molecule has 3 fully saturated rings. The Kier molecular flexibility index (Phi) is 13.8. The Balaban J connectivity index is 0.000000203. The van der Waals surface area contributed by atoms with Gasteiger partial charge in [-0.15, -0.1) is 0 Å². The van der Waals surface area contributed by atoms with Crippen LogP contribution in [0.2, 0.25) is 0 Å². The minimum Gasteiger partial charge on any atom is -0.405 e. The zero-order chi connectivity index (χ0) is 36.2. The maximum Gasteiger partial charge on any atom is 0.494 e. The van der Waals surface area contributed by atoms with Crippen LogP contribution >= 0.6 is 15.9 Å². The Bertz CT molecular complexity index is 1210. The molecule has 0 aliphatic carbocycles. The van der Waals surface area contributed by atoms with Crippen LogP contribution in [0.1, 0.15) is 134 Å². The molecule has 3 saturated heterocycles. The van der Waals surface area contributed by atoms with E-state index in [0.29, 0.717) is 0 Å². The number of hydrogen-bond acceptors (Lipinski definition) is 6. The zero-order valence-corrected chi connectivity index (χ0v) is 34.0. The van der Waals surface area contributed by atoms with Gasteiger partial charge in [-0.1, -0.05) is 79.0 Å². The summed E-state index contributed by atoms with van der Waals surface area (Å²) in [7, 11) is -1.20. The van der Waals surface area contributed by atoms with Gasteiger partial charge >= 0.3 is 21.1 Å². The molecular formula is C38H62B3BrO6. The average molecular weight is 727 g/mol. The fourth-order valence-corrected chi connectivity index (χ4v) is 5.50. The summed E-state index contributed by atoms with van der Waals surface area (Å²) in [6, 6.07) is 17.2. The predicted octanol–water partition coefficient (Wildman–Crippen LogP) is 9.37. The highest BCUT2D eigenvalue weighted by molar-refractivity contribution is 9.10. The van der Waals surface area contributed by atoms with Crippen molar-refractivity contribution in [2.75, 3.05) is 0 Å². The van der Waals surface area contributed by atoms with Crippen LogP contribution in [0.5, 0.6) is 0 Å². The normalized spacial score (nSPS) is 22.5. The van der Waals surface area contributed by atoms with Gasteiger partial charge in [0.15, 0.2) is 0 Å². The summed E-state index contributed by atoms with van der Waals surface area (Å²) >= 11 is 3.41. The summed E-state index contributed by atoms with van der Waals surface area (Å²) in [6.07, 6.45) is 7.41. The lowest BCUT2D eigenvalue weighted by Crippen LogP contribution is -2.41. The van der Waals surface area contributed by atoms with Crippen molar-refractivity contribution in [1.29, 1.82) is 0 Å². The lowest BCUT2D eigenvalue weighted by atomic mass is 9.49. The molecule has 0 amide bonds. The summed E-state index contributed by atoms with van der Waals surface area (Å²) in [6.45, 7) is 29.0. The molecule has 0 bridgehead atoms. The molecule has 3 heterocycles. The molecule has 3 aliphatic heterocycles. The van der Waals surface area contributed by atoms with E-state index in [1.807, 2.05) is 55.4 Å². The predicted molar refractivity (Wildman–Crippen MR) is 206 cm³/mol. The van der Waals surface area contributed by atoms with Gasteiger partial charge in [-0.25, -0.2) is 0 Å². The first-order valence-corrected chi connectivity index (χ1v) is 18.8. The summed E-state index contributed by atoms with van der Waals surface area (Å²) in [4.78, 5) is 0. The van der Waals surface area contributed by atoms with Crippen LogP contribution in [0.25, 0.3) is 0 Å². The van der Waals surface area contributed by atoms with Crippen LogP contribution in [0.3, 0.4) is 0 Å². The van der Waals surface area contributed by atoms with E-state index in [1.54, 1.807) is 0 Å². The molecule has 2 aromatic rings. The third-order valence-corrected chi connectivity index (χ3v) is 11.4. The standard InChI is InChI=1S/C16H25BO2.C12H24B2O4.C10H13Br/c1-6-7-8-13-9-11-14(12-10-13)17-18-15(2,3)16(4,5)19-17;1-9(2)10(3,4)16-13(15-9)14-17-11(5,6)12(7,8)18-14;1-2-3-4-9-5-7-10(11)8-6-9/h9-12H,6-8H2,1-5H3;1-8H3;5-8H,2-4H2,1H3. The first-order valence-electron chi connectivity index (χ1n) is 18.0. The minimum atomic E-state index is -0.476. The number of halogens is 1. The SMILES string of the molecule is CC1(C)OB(B2OC(C)(C)C(C)(C)O2)OC1(C)C.CCCCc1ccc(B2OC(C)(C)C(C)(C)O2)cc1.CCCCc1ccc(Br)cc1. The minimum absolute atomic E-state index is 0.245. The molecule has 266 valence electrons. The molecule has 0 radical (unpaired) electrons. The fraction of sp³-hybridized carbons (Fsp3) is 0.684. The van der Waals surface area contributed by atoms with E-state index >= 15 is 0 Å². The first kappa shape index (κ1) is 41.3. The van der Waals surface area contributed by atoms with E-state index < -0.39 is 14.0 Å². The van der Waals surface area contributed by atoms with Crippen LogP contribution in [0.15, 0.2) is 53.0 Å². The van der Waals surface area contributed by atoms with Crippen molar-refractivity contribution in [1.82, 2.24) is 0 Å². The highest BCUT2D eigenvalue weighted by Gasteiger charge is 2.63. The van der Waals surface area contributed by atoms with Gasteiger partial charge in [0, 0.05) is 4.47 Å². The van der Waals surface area contributed by atoms with Gasteiger partial charge in [0.1, 0.15) is 0 Å². The number of rotatable bonds is 8. The Morgan fingerprint density at radius 1 is 0.458 bits per heavy atom. The molecular weight excluding hydrogens is 665 g/mol. The molecule has 0 saturated carbocycles. The second-order valence-corrected chi connectivity index (χ2v) is 17.3. The monoisotopic (exact) mass is 726 g/mol. The van der Waals surface area contributed by atoms with Crippen molar-refractivity contribution in [3.8, 4) is 0 Å². The molecule has 0 unspecified atom stereocenters. The molecule has 2 aromatic carbocycles. The van der Waals surface area contributed by atoms with E-state index in [2.05, 4.69) is 106 Å². The molecule has 0 spiro atoms. The second kappa shape index (κ2) is 16.0. The third-order valence-electron chi connectivity index (χ3n) is 10.8. The van der Waals surface area contributed by atoms with Gasteiger partial charge in [-0.3, -0.25) is 0 Å². The lowest BCUT2D eigenvalue weighted by Gasteiger charge is -2.32. The van der Waals surface area contributed by atoms with Crippen molar-refractivity contribution in [3.05, 3.63) is 64.1 Å². The quantitative estimate of drug-likeness (QED) is 0.253. The van der Waals surface area contributed by atoms with Crippen molar-refractivity contribution >= 4 is 42.5 Å². The largest absolute Gasteiger partial charge is 0.494 e. The molecule has 0 N–H and O–H groups in total. The number of aryl methyl sites for hydroxylation is 2. The molecule has 0 atom stereocenters. The van der Waals surface area contributed by atoms with Crippen LogP contribution in [0, 0.1) is 0 Å². The van der Waals surface area contributed by atoms with Crippen LogP contribution in [0.4, 0.5) is 0 Å². The van der Waals surface area contributed by atoms with Gasteiger partial charge in [0.2, 0.25) is 0 Å². The summed E-state index contributed by atoms with van der Waals surface area (Å²) in [5.41, 5.74) is 1.97. The third kappa shape index (κ3) is 10.2. The maximum absolute atomic E-state index is 6.05. The van der Waals surface area contributed by atoms with Gasteiger partial charge in [0.25, 0.3) is 0 Å². The number of benzene rings is 2. The molecule has 48 heavy (non-hydrogen) atoms. The Morgan fingerprint density at radius 3 is 1.06 bits per heavy atom. The van der Waals surface area contributed by atoms with E-state index in [0.717, 1.165) is 16.4 Å². The molecule has 6 nitrogen and oxygen atoms in total. The summed E-state index contributed by atoms with van der Waals surface area (Å²) in [5, 5.41) is 0. The van der Waals surface area contributed by atoms with Crippen molar-refractivity contribution in [3.63, 3.8) is 0 Å². The lowest BCUT2D eigenvalue weighted by molar-refractivity contribution is 0.00578. The number of hydrogen-bond donors (Lipinski definition) is 0. The maximum atomic E-state index is 6.05. The van der Waals surface area contributed by atoms with E-state index in [1.165, 1.54) is 43.2 Å². The smallest absolute Gasteiger partial charge is 0.405 e. The summed E-state index contributed by atoms with van der Waals surface area (Å²) in [5.74, 6) is 0. The fourth-order valence-electron chi connectivity index (χ4n) is 5.23. The van der Waals surface area contributed by atoms with Crippen LogP contribution in [-0.2, 0) is 40.8 Å². The molecule has 0 aromatic heterocycles. The van der Waals surface area contributed by atoms with Crippen molar-refractivity contribution in [2.45, 2.75) is 169 Å². The van der Waals surface area contributed by atoms with Crippen molar-refractivity contribution < 1.29 is 27.9 Å². The zero-order valence-electron chi connectivity index (χ0n) is 32.4. The van der Waals surface area contributed by atoms with E-state index in [9.17, 15) is 0 Å². The Hall–Kier alpha value is -1.13. The molecule has 10 heteroatoms. The molecule has 5 rings (SSSR count). The van der Waals surface area contributed by atoms with Gasteiger partial charge < -0.3 is 27.9 Å². The highest BCUT2D eigenvalue weighted by atomic mass is 79.9. The van der Waals surface area contributed by atoms with E-state index in [4.69, 9.17) is 27.9 Å². The summed E-state index contributed by atoms with van der Waals surface area (Å²) < 4.78 is 37.1. The van der Waals surface area contributed by atoms with Crippen LogP contribution < -0.4 is 5.46 Å². The van der Waals surface area contributed by atoms with Crippen LogP contribution in [-0.4, -0.2) is 54.7 Å². The van der Waals surface area contributed by atoms with E-state index in [-0.39, 0.29) is 40.7 Å². The van der Waals surface area contributed by atoms with Crippen molar-refractivity contribution in [2.24, 2.45) is 0 Å². The first-order chi connectivity index (χ1) is 22.1. The topological polar surface area (TPSA) is 55.4 Å². The number of unbranched alkanes of at least 4 members (excludes halogenated alkanes) is 2. The Morgan fingerprint density at radius 2 is 0.750 bits per heavy atom. The second-order valence-electron chi connectivity index (χ2n) is 16.4. The Labute approximate surface area is 302 Å². The van der Waals surface area contributed by atoms with Gasteiger partial charge in [-0.05, 0) is 137 Å². The van der Waals surface area contributed by atoms with Gasteiger partial charge in [0.05, 0.1) is 33.6 Å².